The number of hydrogen-bond acceptors (Lipinski definition) is 3. The minimum Gasteiger partial charge on any atom is -0.397 e. The maximum absolute atomic E-state index is 6.16. The van der Waals surface area contributed by atoms with Crippen LogP contribution in [0.4, 0.5) is 11.4 Å². The van der Waals surface area contributed by atoms with Crippen LogP contribution in [0.25, 0.3) is 0 Å². The predicted molar refractivity (Wildman–Crippen MR) is 77.0 cm³/mol. The van der Waals surface area contributed by atoms with Gasteiger partial charge >= 0.3 is 0 Å². The van der Waals surface area contributed by atoms with Crippen molar-refractivity contribution in [3.63, 3.8) is 0 Å². The van der Waals surface area contributed by atoms with Gasteiger partial charge in [0.25, 0.3) is 0 Å². The van der Waals surface area contributed by atoms with Crippen LogP contribution < -0.4 is 10.6 Å². The Morgan fingerprint density at radius 2 is 2.06 bits per heavy atom. The highest BCUT2D eigenvalue weighted by Gasteiger charge is 2.29. The van der Waals surface area contributed by atoms with Gasteiger partial charge in [0.15, 0.2) is 0 Å². The van der Waals surface area contributed by atoms with Crippen molar-refractivity contribution < 1.29 is 0 Å². The van der Waals surface area contributed by atoms with Crippen LogP contribution in [0.5, 0.6) is 0 Å². The Morgan fingerprint density at radius 3 is 2.89 bits per heavy atom. The number of benzene rings is 1. The first-order valence-corrected chi connectivity index (χ1v) is 7.09. The first-order valence-electron chi connectivity index (χ1n) is 7.09. The highest BCUT2D eigenvalue weighted by Crippen LogP contribution is 2.29. The van der Waals surface area contributed by atoms with Gasteiger partial charge in [0.1, 0.15) is 0 Å². The monoisotopic (exact) mass is 245 g/mol. The van der Waals surface area contributed by atoms with E-state index in [-0.39, 0.29) is 0 Å². The van der Waals surface area contributed by atoms with E-state index in [0.29, 0.717) is 0 Å². The molecule has 2 N–H and O–H groups in total. The Balaban J connectivity index is 1.77. The summed E-state index contributed by atoms with van der Waals surface area (Å²) in [5, 5.41) is 0. The molecule has 1 atom stereocenters. The number of fused-ring (bicyclic) bond motifs is 1. The Morgan fingerprint density at radius 1 is 1.17 bits per heavy atom. The molecular formula is C15H23N3. The maximum Gasteiger partial charge on any atom is 0.0601 e. The number of rotatable bonds is 1. The number of nitrogens with zero attached hydrogens (tertiary/aromatic N) is 2. The summed E-state index contributed by atoms with van der Waals surface area (Å²) in [7, 11) is 0. The number of piperidine rings is 1. The second kappa shape index (κ2) is 4.81. The molecular weight excluding hydrogens is 222 g/mol. The molecule has 3 rings (SSSR count). The number of aryl methyl sites for hydroxylation is 1. The smallest absolute Gasteiger partial charge is 0.0601 e. The molecule has 0 aromatic heterocycles. The van der Waals surface area contributed by atoms with E-state index in [0.717, 1.165) is 24.8 Å². The van der Waals surface area contributed by atoms with Gasteiger partial charge in [0.2, 0.25) is 0 Å². The van der Waals surface area contributed by atoms with Gasteiger partial charge in [-0.2, -0.15) is 0 Å². The predicted octanol–water partition coefficient (Wildman–Crippen LogP) is 2.25. The highest BCUT2D eigenvalue weighted by molar-refractivity contribution is 5.68. The molecule has 18 heavy (non-hydrogen) atoms. The molecule has 2 heterocycles. The fraction of sp³-hybridized carbons (Fsp3) is 0.600. The standard InChI is InChI=1S/C15H23N3/c1-12-5-6-15(14(16)10-12)18-9-8-17-7-3-2-4-13(17)11-18/h5-6,10,13H,2-4,7-9,11,16H2,1H3. The summed E-state index contributed by atoms with van der Waals surface area (Å²) in [4.78, 5) is 5.13. The number of anilines is 2. The Bertz CT molecular complexity index is 430. The minimum absolute atomic E-state index is 0.744. The summed E-state index contributed by atoms with van der Waals surface area (Å²) in [5.74, 6) is 0. The van der Waals surface area contributed by atoms with Crippen LogP contribution in [0.3, 0.4) is 0 Å². The van der Waals surface area contributed by atoms with Crippen molar-refractivity contribution in [2.45, 2.75) is 32.2 Å². The largest absolute Gasteiger partial charge is 0.397 e. The molecule has 3 heteroatoms. The summed E-state index contributed by atoms with van der Waals surface area (Å²) < 4.78 is 0. The van der Waals surface area contributed by atoms with Crippen molar-refractivity contribution in [1.29, 1.82) is 0 Å². The molecule has 2 fully saturated rings. The molecule has 0 aliphatic carbocycles. The fourth-order valence-corrected chi connectivity index (χ4v) is 3.34. The molecule has 3 nitrogen and oxygen atoms in total. The molecule has 2 aliphatic rings. The van der Waals surface area contributed by atoms with Crippen LogP contribution in [0.1, 0.15) is 24.8 Å². The first-order chi connectivity index (χ1) is 8.74. The van der Waals surface area contributed by atoms with Crippen LogP contribution in [-0.4, -0.2) is 37.1 Å². The van der Waals surface area contributed by atoms with Crippen molar-refractivity contribution in [3.05, 3.63) is 23.8 Å². The second-order valence-electron chi connectivity index (χ2n) is 5.69. The van der Waals surface area contributed by atoms with E-state index in [2.05, 4.69) is 34.9 Å². The molecule has 2 aliphatic heterocycles. The highest BCUT2D eigenvalue weighted by atomic mass is 15.3. The normalized spacial score (nSPS) is 24.9. The van der Waals surface area contributed by atoms with Gasteiger partial charge in [-0.15, -0.1) is 0 Å². The van der Waals surface area contributed by atoms with Crippen molar-refractivity contribution in [2.75, 3.05) is 36.8 Å². The molecule has 1 unspecified atom stereocenters. The maximum atomic E-state index is 6.16. The van der Waals surface area contributed by atoms with Gasteiger partial charge in [-0.05, 0) is 44.0 Å². The lowest BCUT2D eigenvalue weighted by Gasteiger charge is -2.45. The molecule has 2 saturated heterocycles. The van der Waals surface area contributed by atoms with Gasteiger partial charge < -0.3 is 10.6 Å². The zero-order valence-corrected chi connectivity index (χ0v) is 11.2. The van der Waals surface area contributed by atoms with Crippen LogP contribution in [-0.2, 0) is 0 Å². The van der Waals surface area contributed by atoms with Crippen LogP contribution in [0, 0.1) is 6.92 Å². The van der Waals surface area contributed by atoms with E-state index in [1.807, 2.05) is 0 Å². The van der Waals surface area contributed by atoms with Gasteiger partial charge in [-0.1, -0.05) is 12.5 Å². The van der Waals surface area contributed by atoms with E-state index < -0.39 is 0 Å². The molecule has 0 spiro atoms. The van der Waals surface area contributed by atoms with Gasteiger partial charge in [0, 0.05) is 25.7 Å². The number of nitrogen functional groups attached to an aromatic ring is 1. The molecule has 0 saturated carbocycles. The lowest BCUT2D eigenvalue weighted by molar-refractivity contribution is 0.133. The Labute approximate surface area is 110 Å². The average molecular weight is 245 g/mol. The van der Waals surface area contributed by atoms with E-state index in [4.69, 9.17) is 5.73 Å². The first kappa shape index (κ1) is 11.8. The summed E-state index contributed by atoms with van der Waals surface area (Å²) in [6.07, 6.45) is 4.11. The lowest BCUT2D eigenvalue weighted by atomic mass is 9.99. The van der Waals surface area contributed by atoms with Crippen LogP contribution >= 0.6 is 0 Å². The zero-order chi connectivity index (χ0) is 12.5. The number of nitrogens with two attached hydrogens (primary N) is 1. The van der Waals surface area contributed by atoms with Crippen molar-refractivity contribution in [1.82, 2.24) is 4.90 Å². The van der Waals surface area contributed by atoms with Gasteiger partial charge in [-0.3, -0.25) is 4.90 Å². The van der Waals surface area contributed by atoms with Gasteiger partial charge in [-0.25, -0.2) is 0 Å². The SMILES string of the molecule is Cc1ccc(N2CCN3CCCCC3C2)c(N)c1. The van der Waals surface area contributed by atoms with E-state index in [1.54, 1.807) is 0 Å². The summed E-state index contributed by atoms with van der Waals surface area (Å²) in [6.45, 7) is 6.84. The molecule has 98 valence electrons. The van der Waals surface area contributed by atoms with E-state index in [9.17, 15) is 0 Å². The molecule has 0 radical (unpaired) electrons. The zero-order valence-electron chi connectivity index (χ0n) is 11.2. The number of hydrogen-bond donors (Lipinski definition) is 1. The van der Waals surface area contributed by atoms with Crippen molar-refractivity contribution in [2.24, 2.45) is 0 Å². The van der Waals surface area contributed by atoms with Crippen molar-refractivity contribution in [3.8, 4) is 0 Å². The topological polar surface area (TPSA) is 32.5 Å². The Hall–Kier alpha value is -1.22. The molecule has 1 aromatic rings. The second-order valence-corrected chi connectivity index (χ2v) is 5.69. The van der Waals surface area contributed by atoms with E-state index >= 15 is 0 Å². The summed E-state index contributed by atoms with van der Waals surface area (Å²) >= 11 is 0. The third kappa shape index (κ3) is 2.19. The third-order valence-corrected chi connectivity index (χ3v) is 4.36. The fourth-order valence-electron chi connectivity index (χ4n) is 3.34. The van der Waals surface area contributed by atoms with Gasteiger partial charge in [0.05, 0.1) is 11.4 Å². The number of piperazine rings is 1. The quantitative estimate of drug-likeness (QED) is 0.770. The average Bonchev–Trinajstić information content (AvgIpc) is 2.38. The minimum atomic E-state index is 0.744. The molecule has 0 bridgehead atoms. The van der Waals surface area contributed by atoms with Crippen LogP contribution in [0.15, 0.2) is 18.2 Å². The lowest BCUT2D eigenvalue weighted by Crippen LogP contribution is -2.55. The molecule has 0 amide bonds. The van der Waals surface area contributed by atoms with Crippen molar-refractivity contribution >= 4 is 11.4 Å². The summed E-state index contributed by atoms with van der Waals surface area (Å²) in [6, 6.07) is 7.18. The Kier molecular flexibility index (Phi) is 3.16. The van der Waals surface area contributed by atoms with Crippen LogP contribution in [0.2, 0.25) is 0 Å². The third-order valence-electron chi connectivity index (χ3n) is 4.36. The molecule has 1 aromatic carbocycles. The summed E-state index contributed by atoms with van der Waals surface area (Å²) in [5.41, 5.74) is 9.57. The van der Waals surface area contributed by atoms with E-state index in [1.165, 1.54) is 43.6 Å².